The van der Waals surface area contributed by atoms with Crippen LogP contribution in [0, 0.1) is 0 Å². The summed E-state index contributed by atoms with van der Waals surface area (Å²) in [6.07, 6.45) is 6.28. The van der Waals surface area contributed by atoms with Gasteiger partial charge in [0, 0.05) is 39.3 Å². The molecule has 0 spiro atoms. The molecule has 6 aromatic rings. The Bertz CT molecular complexity index is 3070. The molecule has 0 unspecified atom stereocenters. The van der Waals surface area contributed by atoms with Crippen molar-refractivity contribution in [1.82, 2.24) is 61.6 Å². The number of carbonyl (C=O) groups excluding carboxylic acids is 4. The van der Waals surface area contributed by atoms with Gasteiger partial charge in [-0.1, -0.05) is 72.8 Å². The van der Waals surface area contributed by atoms with E-state index in [1.165, 1.54) is 48.5 Å². The first-order valence-electron chi connectivity index (χ1n) is 25.7. The number of aromatic amines is 2. The quantitative estimate of drug-likeness (QED) is 0.0410. The molecule has 2 aliphatic heterocycles. The number of imidazole rings is 2. The number of likely N-dealkylation sites (N-methyl/N-ethyl adjacent to an activating group) is 2. The molecule has 0 aliphatic carbocycles. The van der Waals surface area contributed by atoms with Crippen molar-refractivity contribution in [3.8, 4) is 33.6 Å². The van der Waals surface area contributed by atoms with E-state index in [0.29, 0.717) is 48.7 Å². The third kappa shape index (κ3) is 13.9. The molecule has 2 fully saturated rings. The van der Waals surface area contributed by atoms with Crippen LogP contribution < -0.4 is 31.9 Å². The van der Waals surface area contributed by atoms with Crippen LogP contribution in [0.15, 0.2) is 119 Å². The van der Waals surface area contributed by atoms with Gasteiger partial charge >= 0.3 is 20.4 Å². The lowest BCUT2D eigenvalue weighted by atomic mass is 10.0. The van der Waals surface area contributed by atoms with Crippen molar-refractivity contribution in [3.63, 3.8) is 0 Å². The van der Waals surface area contributed by atoms with Gasteiger partial charge in [-0.25, -0.2) is 9.97 Å². The highest BCUT2D eigenvalue weighted by Crippen LogP contribution is 2.35. The zero-order chi connectivity index (χ0) is 55.7. The zero-order valence-corrected chi connectivity index (χ0v) is 45.2. The summed E-state index contributed by atoms with van der Waals surface area (Å²) in [6, 6.07) is 23.0. The molecule has 8 N–H and O–H groups in total. The van der Waals surface area contributed by atoms with Crippen molar-refractivity contribution >= 4 is 44.1 Å². The predicted molar refractivity (Wildman–Crippen MR) is 288 cm³/mol. The van der Waals surface area contributed by atoms with Crippen molar-refractivity contribution in [2.45, 2.75) is 98.7 Å². The van der Waals surface area contributed by atoms with Gasteiger partial charge in [-0.15, -0.1) is 7.77 Å². The average molecular weight is 1110 g/mol. The maximum atomic E-state index is 14.2. The van der Waals surface area contributed by atoms with Crippen molar-refractivity contribution in [3.05, 3.63) is 132 Å². The average Bonchev–Trinajstić information content (AvgIpc) is 4.33. The van der Waals surface area contributed by atoms with Crippen LogP contribution in [0.2, 0.25) is 0 Å². The van der Waals surface area contributed by atoms with Crippen LogP contribution in [0.3, 0.4) is 0 Å². The molecule has 4 amide bonds. The highest BCUT2D eigenvalue weighted by atomic mass is 32.3. The minimum absolute atomic E-state index is 0.0763. The molecule has 0 saturated carbocycles. The van der Waals surface area contributed by atoms with E-state index in [-0.39, 0.29) is 61.9 Å². The second-order valence-corrected chi connectivity index (χ2v) is 22.2. The summed E-state index contributed by atoms with van der Waals surface area (Å²) < 4.78 is 71.9. The molecule has 2 saturated heterocycles. The minimum atomic E-state index is -4.84. The fourth-order valence-corrected chi connectivity index (χ4v) is 10.5. The number of hydrogen-bond acceptors (Lipinski definition) is 14. The molecule has 78 heavy (non-hydrogen) atoms. The summed E-state index contributed by atoms with van der Waals surface area (Å²) in [7, 11) is -6.38. The van der Waals surface area contributed by atoms with E-state index < -0.39 is 54.4 Å². The molecule has 4 heterocycles. The van der Waals surface area contributed by atoms with E-state index in [1.54, 1.807) is 50.1 Å². The molecule has 20 nitrogen and oxygen atoms in total. The number of nitrogens with one attached hydrogen (secondary N) is 8. The largest absolute Gasteiger partial charge is 0.342 e. The van der Waals surface area contributed by atoms with Crippen LogP contribution in [0.25, 0.3) is 33.6 Å². The maximum Gasteiger partial charge on any atom is 0.332 e. The van der Waals surface area contributed by atoms with Gasteiger partial charge in [0.1, 0.15) is 23.7 Å². The first kappa shape index (κ1) is 57.0. The Balaban J connectivity index is 0.887. The van der Waals surface area contributed by atoms with Gasteiger partial charge in [0.2, 0.25) is 23.6 Å². The van der Waals surface area contributed by atoms with Gasteiger partial charge < -0.3 is 51.7 Å². The lowest BCUT2D eigenvalue weighted by molar-refractivity contribution is -0.137. The number of halogens is 2. The molecule has 24 heteroatoms. The molecule has 2 aromatic heterocycles. The Morgan fingerprint density at radius 1 is 0.564 bits per heavy atom. The zero-order valence-electron chi connectivity index (χ0n) is 43.6. The van der Waals surface area contributed by atoms with Crippen molar-refractivity contribution in [1.29, 1.82) is 0 Å². The monoisotopic (exact) mass is 1110 g/mol. The molecular weight excluding hydrogens is 1050 g/mol. The Hall–Kier alpha value is -7.22. The molecule has 6 atom stereocenters. The van der Waals surface area contributed by atoms with Crippen LogP contribution in [0.5, 0.6) is 0 Å². The number of carbonyl (C=O) groups is 4. The van der Waals surface area contributed by atoms with E-state index in [4.69, 9.17) is 9.97 Å². The van der Waals surface area contributed by atoms with Gasteiger partial charge in [0.15, 0.2) is 0 Å². The molecule has 8 rings (SSSR count). The number of rotatable bonds is 23. The van der Waals surface area contributed by atoms with Gasteiger partial charge in [-0.3, -0.25) is 19.2 Å². The van der Waals surface area contributed by atoms with E-state index >= 15 is 0 Å². The van der Waals surface area contributed by atoms with E-state index in [1.807, 2.05) is 48.5 Å². The van der Waals surface area contributed by atoms with Crippen LogP contribution in [-0.4, -0.2) is 135 Å². The second kappa shape index (κ2) is 25.1. The van der Waals surface area contributed by atoms with E-state index in [2.05, 4.69) is 41.9 Å². The van der Waals surface area contributed by atoms with Crippen LogP contribution >= 0.6 is 0 Å². The van der Waals surface area contributed by atoms with Gasteiger partial charge in [0.05, 0.1) is 57.7 Å². The molecule has 414 valence electrons. The molecule has 0 radical (unpaired) electrons. The Morgan fingerprint density at radius 3 is 1.24 bits per heavy atom. The number of amides is 4. The highest BCUT2D eigenvalue weighted by Gasteiger charge is 2.38. The predicted octanol–water partition coefficient (Wildman–Crippen LogP) is 4.54. The number of H-pyrrole nitrogens is 2. The fourth-order valence-electron chi connectivity index (χ4n) is 9.54. The second-order valence-electron chi connectivity index (χ2n) is 19.5. The lowest BCUT2D eigenvalue weighted by Gasteiger charge is -2.29. The third-order valence-corrected chi connectivity index (χ3v) is 15.9. The standard InChI is InChI=1S/C54H64F2N12O8S2/c1-33(57-3)51(69)65-45(29-59-27-35-9-21-41(22-10-35)77(55,73)74)53(71)67-25-5-7-47(67)49-61-31-43(63-49)39-17-13-37(14-18-39)38-15-19-40(20-16-38)44-32-62-50(64-44)48-8-6-26-68(48)54(72)46(66-52(70)34(2)58-4)30-60-28-36-11-23-42(24-12-36)78(56,75)76/h9-24,31-34,45-48,57-60H,5-8,25-30H2,1-4H3,(H,61,63)(H,62,64)(H,65,69)(H,66,70)/t33-,34-,45-,46-,47-,48-/m0/s1. The van der Waals surface area contributed by atoms with Crippen LogP contribution in [0.4, 0.5) is 7.77 Å². The van der Waals surface area contributed by atoms with Gasteiger partial charge in [-0.05, 0) is 111 Å². The molecule has 0 bridgehead atoms. The smallest absolute Gasteiger partial charge is 0.332 e. The lowest BCUT2D eigenvalue weighted by Crippen LogP contribution is -2.55. The summed E-state index contributed by atoms with van der Waals surface area (Å²) in [6.45, 7) is 4.92. The van der Waals surface area contributed by atoms with Crippen LogP contribution in [0.1, 0.15) is 74.4 Å². The Morgan fingerprint density at radius 2 is 0.910 bits per heavy atom. The van der Waals surface area contributed by atoms with Gasteiger partial charge in [-0.2, -0.15) is 16.8 Å². The Kier molecular flexibility index (Phi) is 18.3. The van der Waals surface area contributed by atoms with Crippen molar-refractivity contribution in [2.24, 2.45) is 0 Å². The van der Waals surface area contributed by atoms with Crippen molar-refractivity contribution in [2.75, 3.05) is 40.3 Å². The topological polar surface area (TPSA) is 273 Å². The number of aromatic nitrogens is 4. The summed E-state index contributed by atoms with van der Waals surface area (Å²) >= 11 is 0. The van der Waals surface area contributed by atoms with Crippen molar-refractivity contribution < 1.29 is 43.8 Å². The maximum absolute atomic E-state index is 14.2. The normalized spacial score (nSPS) is 17.4. The number of benzene rings is 4. The minimum Gasteiger partial charge on any atom is -0.342 e. The van der Waals surface area contributed by atoms with Gasteiger partial charge in [0.25, 0.3) is 0 Å². The van der Waals surface area contributed by atoms with Crippen LogP contribution in [-0.2, 0) is 52.7 Å². The third-order valence-electron chi connectivity index (χ3n) is 14.3. The van der Waals surface area contributed by atoms with E-state index in [9.17, 15) is 43.8 Å². The molecule has 4 aromatic carbocycles. The summed E-state index contributed by atoms with van der Waals surface area (Å²) in [5.74, 6) is -0.0325. The number of likely N-dealkylation sites (tertiary alicyclic amines) is 2. The summed E-state index contributed by atoms with van der Waals surface area (Å²) in [5.41, 5.74) is 6.60. The molecule has 2 aliphatic rings. The highest BCUT2D eigenvalue weighted by molar-refractivity contribution is 7.86. The van der Waals surface area contributed by atoms with E-state index in [0.717, 1.165) is 46.5 Å². The summed E-state index contributed by atoms with van der Waals surface area (Å²) in [5, 5.41) is 17.9. The Labute approximate surface area is 452 Å². The number of hydrogen-bond donors (Lipinski definition) is 8. The fraction of sp³-hybridized carbons (Fsp3) is 0.370. The molecular formula is C54H64F2N12O8S2. The first-order valence-corrected chi connectivity index (χ1v) is 28.4. The summed E-state index contributed by atoms with van der Waals surface area (Å²) in [4.78, 5) is 73.4. The number of nitrogens with zero attached hydrogens (tertiary/aromatic N) is 4. The SMILES string of the molecule is CN[C@@H](C)C(=O)N[C@@H](CNCc1ccc(S(=O)(=O)F)cc1)C(=O)N1CCC[C@H]1c1ncc(-c2ccc(-c3ccc(-c4cnc([C@@H]5CCCN5C(=O)[C@H](CNCc5ccc(S(=O)(=O)F)cc5)NC(=O)[C@H](C)NC)[nH]4)cc3)cc2)[nH]1. The first-order chi connectivity index (χ1) is 37.3.